The predicted octanol–water partition coefficient (Wildman–Crippen LogP) is 1.35. The Bertz CT molecular complexity index is 186. The van der Waals surface area contributed by atoms with E-state index in [1.807, 2.05) is 20.9 Å². The van der Waals surface area contributed by atoms with E-state index in [0.717, 1.165) is 23.1 Å². The van der Waals surface area contributed by atoms with E-state index in [0.29, 0.717) is 13.2 Å². The summed E-state index contributed by atoms with van der Waals surface area (Å²) >= 11 is 4.68. The summed E-state index contributed by atoms with van der Waals surface area (Å²) in [6.07, 6.45) is 0.869. The summed E-state index contributed by atoms with van der Waals surface area (Å²) in [7, 11) is 2.88. The highest BCUT2D eigenvalue weighted by atomic mass is 32.8. The molecule has 0 spiro atoms. The molecule has 1 unspecified atom stereocenters. The maximum Gasteiger partial charge on any atom is 0.130 e. The van der Waals surface area contributed by atoms with Crippen LogP contribution in [0.1, 0.15) is 20.3 Å². The molecule has 0 amide bonds. The van der Waals surface area contributed by atoms with Gasteiger partial charge in [0.2, 0.25) is 0 Å². The maximum atomic E-state index is 5.56. The largest absolute Gasteiger partial charge is 0.379 e. The predicted molar refractivity (Wildman–Crippen MR) is 61.4 cm³/mol. The molecule has 14 heavy (non-hydrogen) atoms. The summed E-state index contributed by atoms with van der Waals surface area (Å²) in [6.45, 7) is 5.95. The lowest BCUT2D eigenvalue weighted by molar-refractivity contribution is -0.0659. The third kappa shape index (κ3) is 6.56. The van der Waals surface area contributed by atoms with Crippen molar-refractivity contribution in [2.24, 2.45) is 4.47 Å². The highest BCUT2D eigenvalue weighted by molar-refractivity contribution is 8.12. The van der Waals surface area contributed by atoms with Gasteiger partial charge in [0.05, 0.1) is 13.2 Å². The van der Waals surface area contributed by atoms with Crippen molar-refractivity contribution in [2.45, 2.75) is 26.5 Å². The molecule has 4 nitrogen and oxygen atoms in total. The van der Waals surface area contributed by atoms with E-state index in [9.17, 15) is 0 Å². The van der Waals surface area contributed by atoms with Gasteiger partial charge in [0.1, 0.15) is 6.23 Å². The van der Waals surface area contributed by atoms with Gasteiger partial charge in [0.15, 0.2) is 0 Å². The van der Waals surface area contributed by atoms with Crippen LogP contribution in [0.4, 0.5) is 0 Å². The molecule has 0 fully saturated rings. The van der Waals surface area contributed by atoms with Gasteiger partial charge in [-0.05, 0) is 13.3 Å². The van der Waals surface area contributed by atoms with Crippen molar-refractivity contribution in [3.05, 3.63) is 0 Å². The van der Waals surface area contributed by atoms with Gasteiger partial charge in [0, 0.05) is 35.0 Å². The van der Waals surface area contributed by atoms with Crippen molar-refractivity contribution in [3.63, 3.8) is 0 Å². The molecule has 0 aliphatic rings. The highest BCUT2D eigenvalue weighted by Crippen LogP contribution is 2.03. The lowest BCUT2D eigenvalue weighted by Gasteiger charge is -2.21. The van der Waals surface area contributed by atoms with Crippen LogP contribution < -0.4 is 0 Å². The Morgan fingerprint density at radius 2 is 2.14 bits per heavy atom. The van der Waals surface area contributed by atoms with Crippen molar-refractivity contribution >= 4 is 21.3 Å². The van der Waals surface area contributed by atoms with Crippen molar-refractivity contribution in [2.75, 3.05) is 26.9 Å². The number of hydrogen-bond acceptors (Lipinski definition) is 4. The Kier molecular flexibility index (Phi) is 9.75. The molecule has 0 bridgehead atoms. The van der Waals surface area contributed by atoms with Crippen LogP contribution in [0.2, 0.25) is 0 Å². The molecule has 0 N–H and O–H groups in total. The molecule has 0 radical (unpaired) electrons. The zero-order chi connectivity index (χ0) is 10.8. The monoisotopic (exact) mass is 238 g/mol. The molecule has 0 aromatic rings. The zero-order valence-corrected chi connectivity index (χ0v) is 10.6. The average Bonchev–Trinajstić information content (AvgIpc) is 2.18. The standard InChI is InChI=1S/C8H18N2O2S2/c1-4-8(10(3)9-14-13)12-7-6-11-5-2/h8H,4-7H2,1-3H3. The molecule has 1 atom stereocenters. The Morgan fingerprint density at radius 1 is 1.43 bits per heavy atom. The van der Waals surface area contributed by atoms with Gasteiger partial charge in [-0.1, -0.05) is 6.92 Å². The molecule has 0 heterocycles. The summed E-state index contributed by atoms with van der Waals surface area (Å²) in [6, 6.07) is 0. The minimum absolute atomic E-state index is 0.00842. The molecule has 0 aliphatic heterocycles. The lowest BCUT2D eigenvalue weighted by atomic mass is 10.4. The van der Waals surface area contributed by atoms with Gasteiger partial charge in [-0.2, -0.15) is 5.01 Å². The first-order valence-electron chi connectivity index (χ1n) is 4.68. The van der Waals surface area contributed by atoms with Crippen LogP contribution in [0, 0.1) is 0 Å². The van der Waals surface area contributed by atoms with E-state index in [4.69, 9.17) is 9.47 Å². The normalized spacial score (nSPS) is 12.9. The van der Waals surface area contributed by atoms with Crippen LogP contribution in [0.15, 0.2) is 4.47 Å². The van der Waals surface area contributed by atoms with Gasteiger partial charge in [-0.25, -0.2) is 0 Å². The smallest absolute Gasteiger partial charge is 0.130 e. The number of rotatable bonds is 8. The van der Waals surface area contributed by atoms with Gasteiger partial charge in [0.25, 0.3) is 0 Å². The molecule has 6 heteroatoms. The number of hydrogen-bond donors (Lipinski definition) is 0. The van der Waals surface area contributed by atoms with Crippen molar-refractivity contribution in [1.29, 1.82) is 0 Å². The molecule has 0 aliphatic carbocycles. The van der Waals surface area contributed by atoms with E-state index >= 15 is 0 Å². The first-order valence-corrected chi connectivity index (χ1v) is 6.38. The highest BCUT2D eigenvalue weighted by Gasteiger charge is 2.11. The van der Waals surface area contributed by atoms with E-state index in [-0.39, 0.29) is 6.23 Å². The summed E-state index contributed by atoms with van der Waals surface area (Å²) < 4.78 is 14.7. The molecule has 0 aromatic carbocycles. The Hall–Kier alpha value is 0.120. The second kappa shape index (κ2) is 9.67. The second-order valence-electron chi connectivity index (χ2n) is 2.66. The molecule has 0 saturated carbocycles. The topological polar surface area (TPSA) is 34.1 Å². The van der Waals surface area contributed by atoms with Crippen molar-refractivity contribution in [1.82, 2.24) is 5.01 Å². The second-order valence-corrected chi connectivity index (χ2v) is 3.42. The third-order valence-corrected chi connectivity index (χ3v) is 2.19. The zero-order valence-electron chi connectivity index (χ0n) is 8.93. The fraction of sp³-hybridized carbons (Fsp3) is 1.00. The Balaban J connectivity index is 3.72. The van der Waals surface area contributed by atoms with Gasteiger partial charge < -0.3 is 9.47 Å². The first kappa shape index (κ1) is 14.1. The minimum Gasteiger partial charge on any atom is -0.379 e. The Labute approximate surface area is 93.9 Å². The molecule has 0 rings (SSSR count). The lowest BCUT2D eigenvalue weighted by Crippen LogP contribution is -2.30. The molecular formula is C8H18N2O2S2. The van der Waals surface area contributed by atoms with Crippen molar-refractivity contribution in [3.8, 4) is 0 Å². The van der Waals surface area contributed by atoms with Crippen molar-refractivity contribution < 1.29 is 9.47 Å². The molecule has 0 saturated heterocycles. The number of ether oxygens (including phenoxy) is 2. The molecular weight excluding hydrogens is 220 g/mol. The number of nitrogens with zero attached hydrogens (tertiary/aromatic N) is 2. The fourth-order valence-corrected chi connectivity index (χ4v) is 1.51. The van der Waals surface area contributed by atoms with Crippen LogP contribution in [-0.2, 0) is 30.8 Å². The van der Waals surface area contributed by atoms with Gasteiger partial charge in [-0.15, -0.1) is 4.47 Å². The maximum absolute atomic E-state index is 5.56. The van der Waals surface area contributed by atoms with Crippen LogP contribution >= 0.6 is 0 Å². The fourth-order valence-electron chi connectivity index (χ4n) is 0.983. The van der Waals surface area contributed by atoms with E-state index in [1.54, 1.807) is 5.01 Å². The summed E-state index contributed by atoms with van der Waals surface area (Å²) in [5.74, 6) is 0. The molecule has 0 aromatic heterocycles. The summed E-state index contributed by atoms with van der Waals surface area (Å²) in [4.78, 5) is 0. The van der Waals surface area contributed by atoms with E-state index in [1.165, 1.54) is 0 Å². The minimum atomic E-state index is -0.00842. The van der Waals surface area contributed by atoms with Crippen LogP contribution in [0.5, 0.6) is 0 Å². The van der Waals surface area contributed by atoms with E-state index in [2.05, 4.69) is 15.7 Å². The Morgan fingerprint density at radius 3 is 2.64 bits per heavy atom. The third-order valence-electron chi connectivity index (χ3n) is 1.67. The van der Waals surface area contributed by atoms with Crippen LogP contribution in [0.25, 0.3) is 0 Å². The quantitative estimate of drug-likeness (QED) is 0.363. The van der Waals surface area contributed by atoms with Crippen LogP contribution in [0.3, 0.4) is 0 Å². The summed E-state index contributed by atoms with van der Waals surface area (Å²) in [5, 5.41) is 1.74. The van der Waals surface area contributed by atoms with Gasteiger partial charge in [-0.3, -0.25) is 0 Å². The van der Waals surface area contributed by atoms with Crippen LogP contribution in [-0.4, -0.2) is 38.1 Å². The average molecular weight is 238 g/mol. The molecule has 84 valence electrons. The summed E-state index contributed by atoms with van der Waals surface area (Å²) in [5.41, 5.74) is 0. The SMILES string of the molecule is CCOCCOC(CC)N(C)N=S=S. The van der Waals surface area contributed by atoms with Gasteiger partial charge >= 0.3 is 0 Å². The van der Waals surface area contributed by atoms with E-state index < -0.39 is 0 Å². The first-order chi connectivity index (χ1) is 6.76.